The molecule has 2 fully saturated rings. The Balaban J connectivity index is 1.35. The van der Waals surface area contributed by atoms with Crippen molar-refractivity contribution in [1.82, 2.24) is 15.1 Å². The lowest BCUT2D eigenvalue weighted by atomic mass is 9.96. The molecule has 0 unspecified atom stereocenters. The van der Waals surface area contributed by atoms with Crippen LogP contribution >= 0.6 is 23.1 Å². The lowest BCUT2D eigenvalue weighted by molar-refractivity contribution is -0.151. The van der Waals surface area contributed by atoms with Crippen molar-refractivity contribution in [2.45, 2.75) is 74.7 Å². The van der Waals surface area contributed by atoms with Crippen LogP contribution in [-0.2, 0) is 14.3 Å². The number of nitrogens with zero attached hydrogens (tertiary/aromatic N) is 3. The van der Waals surface area contributed by atoms with Crippen LogP contribution in [0.2, 0.25) is 0 Å². The Morgan fingerprint density at radius 2 is 1.96 bits per heavy atom. The van der Waals surface area contributed by atoms with Gasteiger partial charge in [-0.15, -0.1) is 10.2 Å². The lowest BCUT2D eigenvalue weighted by Crippen LogP contribution is -2.44. The van der Waals surface area contributed by atoms with Gasteiger partial charge in [0.2, 0.25) is 5.13 Å². The molecule has 3 rings (SSSR count). The molecule has 1 aliphatic carbocycles. The second kappa shape index (κ2) is 10.3. The van der Waals surface area contributed by atoms with E-state index in [0.29, 0.717) is 6.04 Å². The maximum atomic E-state index is 12.2. The molecule has 7 nitrogen and oxygen atoms in total. The topological polar surface area (TPSA) is 84.4 Å². The van der Waals surface area contributed by atoms with Gasteiger partial charge in [0.25, 0.3) is 5.91 Å². The van der Waals surface area contributed by atoms with Crippen molar-refractivity contribution in [2.24, 2.45) is 0 Å². The first kappa shape index (κ1) is 20.4. The first-order chi connectivity index (χ1) is 13.1. The van der Waals surface area contributed by atoms with Crippen molar-refractivity contribution < 1.29 is 14.3 Å². The van der Waals surface area contributed by atoms with Gasteiger partial charge in [0.15, 0.2) is 10.9 Å². The average Bonchev–Trinajstić information content (AvgIpc) is 3.13. The van der Waals surface area contributed by atoms with Gasteiger partial charge in [-0.2, -0.15) is 0 Å². The number of piperidine rings is 1. The number of amides is 1. The maximum absolute atomic E-state index is 12.2. The Morgan fingerprint density at radius 1 is 1.19 bits per heavy atom. The van der Waals surface area contributed by atoms with Gasteiger partial charge in [-0.1, -0.05) is 42.4 Å². The van der Waals surface area contributed by atoms with Gasteiger partial charge in [-0.25, -0.2) is 0 Å². The van der Waals surface area contributed by atoms with Gasteiger partial charge in [0.05, 0.1) is 5.75 Å². The fraction of sp³-hybridized carbons (Fsp3) is 0.778. The normalized spacial score (nSPS) is 21.1. The third kappa shape index (κ3) is 6.34. The number of thioether (sulfide) groups is 1. The summed E-state index contributed by atoms with van der Waals surface area (Å²) in [7, 11) is 0. The Bertz CT molecular complexity index is 634. The molecule has 1 saturated carbocycles. The van der Waals surface area contributed by atoms with Gasteiger partial charge in [-0.3, -0.25) is 9.59 Å². The number of aromatic nitrogens is 2. The number of esters is 1. The summed E-state index contributed by atoms with van der Waals surface area (Å²) in [6.45, 7) is 2.63. The molecule has 27 heavy (non-hydrogen) atoms. The van der Waals surface area contributed by atoms with E-state index in [0.717, 1.165) is 35.3 Å². The molecule has 150 valence electrons. The summed E-state index contributed by atoms with van der Waals surface area (Å²) in [4.78, 5) is 25.9. The first-order valence-electron chi connectivity index (χ1n) is 9.80. The minimum absolute atomic E-state index is 0.101. The molecular weight excluding hydrogens is 384 g/mol. The Hall–Kier alpha value is -1.35. The number of hydrogen-bond donors (Lipinski definition) is 1. The molecule has 9 heteroatoms. The van der Waals surface area contributed by atoms with Crippen LogP contribution in [0.25, 0.3) is 0 Å². The van der Waals surface area contributed by atoms with Gasteiger partial charge >= 0.3 is 5.97 Å². The van der Waals surface area contributed by atoms with E-state index in [4.69, 9.17) is 4.74 Å². The summed E-state index contributed by atoms with van der Waals surface area (Å²) in [6, 6.07) is 0.716. The van der Waals surface area contributed by atoms with Crippen molar-refractivity contribution in [2.75, 3.05) is 24.2 Å². The van der Waals surface area contributed by atoms with Crippen LogP contribution in [0.1, 0.15) is 58.3 Å². The Labute approximate surface area is 168 Å². The molecule has 0 bridgehead atoms. The number of likely N-dealkylation sites (tertiary alicyclic amines) is 1. The third-order valence-electron chi connectivity index (χ3n) is 5.13. The van der Waals surface area contributed by atoms with E-state index in [-0.39, 0.29) is 24.3 Å². The molecule has 2 heterocycles. The second-order valence-corrected chi connectivity index (χ2v) is 9.43. The van der Waals surface area contributed by atoms with E-state index in [2.05, 4.69) is 15.5 Å². The average molecular weight is 413 g/mol. The standard InChI is InChI=1S/C18H28N4O3S2/c1-13-7-5-6-10-22(13)15(23)11-25-16(24)12-26-18-21-20-17(27-18)19-14-8-3-2-4-9-14/h13-14H,2-12H2,1H3,(H,19,20)/t13-/m0/s1. The number of anilines is 1. The van der Waals surface area contributed by atoms with Crippen LogP contribution in [0, 0.1) is 0 Å². The molecule has 1 aliphatic heterocycles. The zero-order chi connectivity index (χ0) is 19.1. The summed E-state index contributed by atoms with van der Waals surface area (Å²) in [5.74, 6) is -0.355. The van der Waals surface area contributed by atoms with E-state index in [1.165, 1.54) is 55.2 Å². The molecular formula is C18H28N4O3S2. The zero-order valence-electron chi connectivity index (χ0n) is 15.8. The highest BCUT2D eigenvalue weighted by atomic mass is 32.2. The van der Waals surface area contributed by atoms with Crippen LogP contribution in [0.4, 0.5) is 5.13 Å². The number of carbonyl (C=O) groups is 2. The fourth-order valence-corrected chi connectivity index (χ4v) is 5.23. The monoisotopic (exact) mass is 412 g/mol. The third-order valence-corrected chi connectivity index (χ3v) is 7.09. The largest absolute Gasteiger partial charge is 0.455 e. The highest BCUT2D eigenvalue weighted by molar-refractivity contribution is 8.01. The molecule has 1 aromatic rings. The Kier molecular flexibility index (Phi) is 7.75. The van der Waals surface area contributed by atoms with Crippen LogP contribution in [-0.4, -0.2) is 58.0 Å². The number of hydrogen-bond acceptors (Lipinski definition) is 8. The van der Waals surface area contributed by atoms with E-state index < -0.39 is 5.97 Å². The van der Waals surface area contributed by atoms with Crippen molar-refractivity contribution >= 4 is 40.1 Å². The molecule has 1 N–H and O–H groups in total. The van der Waals surface area contributed by atoms with Crippen molar-refractivity contribution in [3.63, 3.8) is 0 Å². The predicted octanol–water partition coefficient (Wildman–Crippen LogP) is 3.32. The maximum Gasteiger partial charge on any atom is 0.316 e. The number of carbonyl (C=O) groups excluding carboxylic acids is 2. The number of nitrogens with one attached hydrogen (secondary N) is 1. The first-order valence-corrected chi connectivity index (χ1v) is 11.6. The highest BCUT2D eigenvalue weighted by Gasteiger charge is 2.24. The van der Waals surface area contributed by atoms with Gasteiger partial charge in [0, 0.05) is 18.6 Å². The number of ether oxygens (including phenoxy) is 1. The van der Waals surface area contributed by atoms with Crippen LogP contribution < -0.4 is 5.32 Å². The molecule has 1 amide bonds. The molecule has 0 aromatic carbocycles. The Morgan fingerprint density at radius 3 is 2.74 bits per heavy atom. The second-order valence-electron chi connectivity index (χ2n) is 7.23. The van der Waals surface area contributed by atoms with Gasteiger partial charge in [0.1, 0.15) is 0 Å². The van der Waals surface area contributed by atoms with E-state index in [1.807, 2.05) is 11.8 Å². The summed E-state index contributed by atoms with van der Waals surface area (Å²) < 4.78 is 5.88. The minimum atomic E-state index is -0.394. The number of rotatable bonds is 7. The summed E-state index contributed by atoms with van der Waals surface area (Å²) in [5, 5.41) is 12.5. The quantitative estimate of drug-likeness (QED) is 0.543. The molecule has 1 aromatic heterocycles. The smallest absolute Gasteiger partial charge is 0.316 e. The van der Waals surface area contributed by atoms with Crippen LogP contribution in [0.5, 0.6) is 0 Å². The lowest BCUT2D eigenvalue weighted by Gasteiger charge is -2.33. The minimum Gasteiger partial charge on any atom is -0.455 e. The van der Waals surface area contributed by atoms with Crippen molar-refractivity contribution in [3.8, 4) is 0 Å². The van der Waals surface area contributed by atoms with Crippen molar-refractivity contribution in [1.29, 1.82) is 0 Å². The van der Waals surface area contributed by atoms with E-state index in [9.17, 15) is 9.59 Å². The summed E-state index contributed by atoms with van der Waals surface area (Å²) in [6.07, 6.45) is 9.39. The fourth-order valence-electron chi connectivity index (χ4n) is 3.60. The predicted molar refractivity (Wildman–Crippen MR) is 107 cm³/mol. The van der Waals surface area contributed by atoms with Gasteiger partial charge in [-0.05, 0) is 39.0 Å². The molecule has 0 spiro atoms. The van der Waals surface area contributed by atoms with E-state index in [1.54, 1.807) is 0 Å². The molecule has 2 aliphatic rings. The van der Waals surface area contributed by atoms with E-state index >= 15 is 0 Å². The summed E-state index contributed by atoms with van der Waals surface area (Å²) >= 11 is 2.77. The molecule has 0 radical (unpaired) electrons. The highest BCUT2D eigenvalue weighted by Crippen LogP contribution is 2.28. The van der Waals surface area contributed by atoms with Crippen LogP contribution in [0.15, 0.2) is 4.34 Å². The molecule has 1 atom stereocenters. The zero-order valence-corrected chi connectivity index (χ0v) is 17.4. The van der Waals surface area contributed by atoms with Crippen LogP contribution in [0.3, 0.4) is 0 Å². The molecule has 1 saturated heterocycles. The summed E-state index contributed by atoms with van der Waals surface area (Å²) in [5.41, 5.74) is 0. The van der Waals surface area contributed by atoms with Crippen molar-refractivity contribution in [3.05, 3.63) is 0 Å². The SMILES string of the molecule is C[C@H]1CCCCN1C(=O)COC(=O)CSc1nnc(NC2CCCCC2)s1. The van der Waals surface area contributed by atoms with Gasteiger partial charge < -0.3 is 15.0 Å².